The number of ketones is 1. The topological polar surface area (TPSA) is 26.3 Å². The van der Waals surface area contributed by atoms with Crippen molar-refractivity contribution in [3.63, 3.8) is 0 Å². The summed E-state index contributed by atoms with van der Waals surface area (Å²) in [5.74, 6) is -0.0201. The number of benzene rings is 2. The van der Waals surface area contributed by atoms with E-state index in [0.717, 1.165) is 5.56 Å². The van der Waals surface area contributed by atoms with Gasteiger partial charge < -0.3 is 4.74 Å². The smallest absolute Gasteiger partial charge is 0.200 e. The highest BCUT2D eigenvalue weighted by Crippen LogP contribution is 2.22. The minimum atomic E-state index is -0.0201. The van der Waals surface area contributed by atoms with Crippen molar-refractivity contribution in [1.82, 2.24) is 0 Å². The van der Waals surface area contributed by atoms with Crippen LogP contribution in [0.5, 0.6) is 0 Å². The third kappa shape index (κ3) is 4.59. The van der Waals surface area contributed by atoms with Crippen molar-refractivity contribution in [3.05, 3.63) is 77.5 Å². The van der Waals surface area contributed by atoms with E-state index >= 15 is 0 Å². The lowest BCUT2D eigenvalue weighted by molar-refractivity contribution is 0.0888. The van der Waals surface area contributed by atoms with Gasteiger partial charge in [-0.1, -0.05) is 75.4 Å². The first kappa shape index (κ1) is 16.0. The maximum atomic E-state index is 11.9. The second-order valence-electron chi connectivity index (χ2n) is 6.27. The predicted octanol–water partition coefficient (Wildman–Crippen LogP) is 4.85. The molecule has 2 aromatic rings. The molecule has 2 aromatic carbocycles. The van der Waals surface area contributed by atoms with Crippen molar-refractivity contribution in [2.24, 2.45) is 0 Å². The molecule has 0 heterocycles. The van der Waals surface area contributed by atoms with Crippen molar-refractivity contribution in [2.45, 2.75) is 26.2 Å². The van der Waals surface area contributed by atoms with Gasteiger partial charge in [-0.25, -0.2) is 0 Å². The number of carbonyl (C=O) groups excluding carboxylic acids is 1. The summed E-state index contributed by atoms with van der Waals surface area (Å²) < 4.78 is 5.32. The maximum absolute atomic E-state index is 11.9. The van der Waals surface area contributed by atoms with Crippen LogP contribution in [-0.4, -0.2) is 12.4 Å². The molecule has 0 aliphatic carbocycles. The Morgan fingerprint density at radius 3 is 2.23 bits per heavy atom. The number of carbonyl (C=O) groups is 1. The van der Waals surface area contributed by atoms with Gasteiger partial charge in [-0.05, 0) is 22.6 Å². The lowest BCUT2D eigenvalue weighted by Crippen LogP contribution is -2.10. The summed E-state index contributed by atoms with van der Waals surface area (Å²) >= 11 is 0. The molecule has 2 nitrogen and oxygen atoms in total. The second-order valence-corrected chi connectivity index (χ2v) is 6.27. The third-order valence-corrected chi connectivity index (χ3v) is 3.44. The number of ether oxygens (including phenoxy) is 1. The van der Waals surface area contributed by atoms with Gasteiger partial charge in [0.15, 0.2) is 12.4 Å². The summed E-state index contributed by atoms with van der Waals surface area (Å²) in [5.41, 5.74) is 3.18. The minimum Gasteiger partial charge on any atom is -0.493 e. The number of rotatable bonds is 5. The fourth-order valence-electron chi connectivity index (χ4n) is 2.05. The number of hydrogen-bond donors (Lipinski definition) is 0. The van der Waals surface area contributed by atoms with Gasteiger partial charge in [0.2, 0.25) is 0 Å². The minimum absolute atomic E-state index is 0.0201. The van der Waals surface area contributed by atoms with Crippen molar-refractivity contribution in [2.75, 3.05) is 6.61 Å². The van der Waals surface area contributed by atoms with Crippen LogP contribution in [0.1, 0.15) is 42.3 Å². The summed E-state index contributed by atoms with van der Waals surface area (Å²) in [4.78, 5) is 11.9. The maximum Gasteiger partial charge on any atom is 0.200 e. The van der Waals surface area contributed by atoms with Crippen molar-refractivity contribution < 1.29 is 9.53 Å². The van der Waals surface area contributed by atoms with E-state index in [2.05, 4.69) is 45.0 Å². The first-order chi connectivity index (χ1) is 10.5. The molecule has 0 N–H and O–H groups in total. The van der Waals surface area contributed by atoms with E-state index in [9.17, 15) is 4.79 Å². The molecule has 2 rings (SSSR count). The molecule has 0 spiro atoms. The Morgan fingerprint density at radius 2 is 1.64 bits per heavy atom. The first-order valence-corrected chi connectivity index (χ1v) is 7.44. The number of hydrogen-bond acceptors (Lipinski definition) is 2. The molecule has 2 heteroatoms. The molecule has 0 radical (unpaired) electrons. The van der Waals surface area contributed by atoms with Gasteiger partial charge in [0.05, 0.1) is 6.26 Å². The molecule has 0 unspecified atom stereocenters. The zero-order valence-electron chi connectivity index (χ0n) is 13.4. The largest absolute Gasteiger partial charge is 0.493 e. The summed E-state index contributed by atoms with van der Waals surface area (Å²) in [6.07, 6.45) is 3.44. The molecule has 114 valence electrons. The van der Waals surface area contributed by atoms with Crippen LogP contribution in [0.15, 0.2) is 60.9 Å². The van der Waals surface area contributed by atoms with E-state index in [0.29, 0.717) is 5.56 Å². The molecular weight excluding hydrogens is 272 g/mol. The SMILES string of the molecule is CC(C)(C)c1ccc(C=COCC(=O)c2ccccc2)cc1. The van der Waals surface area contributed by atoms with Crippen LogP contribution >= 0.6 is 0 Å². The van der Waals surface area contributed by atoms with Crippen LogP contribution < -0.4 is 0 Å². The Bertz CT molecular complexity index is 632. The molecule has 0 aliphatic rings. The lowest BCUT2D eigenvalue weighted by Gasteiger charge is -2.18. The zero-order valence-corrected chi connectivity index (χ0v) is 13.4. The van der Waals surface area contributed by atoms with E-state index in [-0.39, 0.29) is 17.8 Å². The summed E-state index contributed by atoms with van der Waals surface area (Å²) in [6.45, 7) is 6.63. The van der Waals surface area contributed by atoms with Crippen LogP contribution in [0.2, 0.25) is 0 Å². The molecule has 0 amide bonds. The van der Waals surface area contributed by atoms with E-state index in [1.807, 2.05) is 24.3 Å². The van der Waals surface area contributed by atoms with Gasteiger partial charge in [-0.2, -0.15) is 0 Å². The molecule has 0 atom stereocenters. The molecule has 0 bridgehead atoms. The molecule has 0 saturated carbocycles. The third-order valence-electron chi connectivity index (χ3n) is 3.44. The summed E-state index contributed by atoms with van der Waals surface area (Å²) in [7, 11) is 0. The van der Waals surface area contributed by atoms with E-state index in [1.165, 1.54) is 5.56 Å². The molecule has 22 heavy (non-hydrogen) atoms. The highest BCUT2D eigenvalue weighted by Gasteiger charge is 2.12. The first-order valence-electron chi connectivity index (χ1n) is 7.44. The normalized spacial score (nSPS) is 11.6. The van der Waals surface area contributed by atoms with Crippen molar-refractivity contribution in [1.29, 1.82) is 0 Å². The molecule has 0 aromatic heterocycles. The van der Waals surface area contributed by atoms with Crippen molar-refractivity contribution >= 4 is 11.9 Å². The van der Waals surface area contributed by atoms with Crippen LogP contribution in [0.4, 0.5) is 0 Å². The Balaban J connectivity index is 1.87. The summed E-state index contributed by atoms with van der Waals surface area (Å²) in [6, 6.07) is 17.5. The Labute approximate surface area is 132 Å². The van der Waals surface area contributed by atoms with Gasteiger partial charge in [0.1, 0.15) is 0 Å². The van der Waals surface area contributed by atoms with Crippen molar-refractivity contribution in [3.8, 4) is 0 Å². The van der Waals surface area contributed by atoms with Gasteiger partial charge in [0.25, 0.3) is 0 Å². The molecule has 0 fully saturated rings. The molecule has 0 aliphatic heterocycles. The van der Waals surface area contributed by atoms with Gasteiger partial charge in [0, 0.05) is 5.56 Å². The van der Waals surface area contributed by atoms with Crippen LogP contribution in [0.25, 0.3) is 6.08 Å². The zero-order chi connectivity index (χ0) is 16.0. The van der Waals surface area contributed by atoms with E-state index in [4.69, 9.17) is 4.74 Å². The molecule has 0 saturated heterocycles. The Morgan fingerprint density at radius 1 is 1.00 bits per heavy atom. The Hall–Kier alpha value is -2.35. The van der Waals surface area contributed by atoms with Crippen LogP contribution in [0.3, 0.4) is 0 Å². The highest BCUT2D eigenvalue weighted by atomic mass is 16.5. The van der Waals surface area contributed by atoms with E-state index < -0.39 is 0 Å². The quantitative estimate of drug-likeness (QED) is 0.582. The lowest BCUT2D eigenvalue weighted by atomic mass is 9.87. The van der Waals surface area contributed by atoms with E-state index in [1.54, 1.807) is 18.4 Å². The average molecular weight is 294 g/mol. The van der Waals surface area contributed by atoms with Crippen LogP contribution in [-0.2, 0) is 10.2 Å². The summed E-state index contributed by atoms with van der Waals surface area (Å²) in [5, 5.41) is 0. The molecular formula is C20H22O2. The fraction of sp³-hybridized carbons (Fsp3) is 0.250. The second kappa shape index (κ2) is 7.08. The monoisotopic (exact) mass is 294 g/mol. The van der Waals surface area contributed by atoms with Gasteiger partial charge in [-0.15, -0.1) is 0 Å². The van der Waals surface area contributed by atoms with Crippen LogP contribution in [0, 0.1) is 0 Å². The average Bonchev–Trinajstić information content (AvgIpc) is 2.52. The fourth-order valence-corrected chi connectivity index (χ4v) is 2.05. The highest BCUT2D eigenvalue weighted by molar-refractivity contribution is 5.97. The van der Waals surface area contributed by atoms with Gasteiger partial charge >= 0.3 is 0 Å². The Kier molecular flexibility index (Phi) is 5.16. The predicted molar refractivity (Wildman–Crippen MR) is 90.9 cm³/mol. The van der Waals surface area contributed by atoms with Gasteiger partial charge in [-0.3, -0.25) is 4.79 Å². The number of Topliss-reactive ketones (excluding diaryl/α,β-unsaturated/α-hetero) is 1. The standard InChI is InChI=1S/C20H22O2/c1-20(2,3)18-11-9-16(10-12-18)13-14-22-15-19(21)17-7-5-4-6-8-17/h4-14H,15H2,1-3H3.